The molecule has 0 bridgehead atoms. The molecule has 0 saturated carbocycles. The van der Waals surface area contributed by atoms with Gasteiger partial charge in [-0.1, -0.05) is 58.9 Å². The van der Waals surface area contributed by atoms with E-state index < -0.39 is 0 Å². The summed E-state index contributed by atoms with van der Waals surface area (Å²) in [5.41, 5.74) is 4.14. The van der Waals surface area contributed by atoms with E-state index in [-0.39, 0.29) is 11.2 Å². The molecule has 29 heavy (non-hydrogen) atoms. The number of nitrogens with zero attached hydrogens (tertiary/aromatic N) is 1. The van der Waals surface area contributed by atoms with Crippen molar-refractivity contribution in [3.63, 3.8) is 0 Å². The largest absolute Gasteiger partial charge is 0.493 e. The Bertz CT molecular complexity index is 991. The van der Waals surface area contributed by atoms with Gasteiger partial charge in [-0.25, -0.2) is 9.37 Å². The average molecular weight is 476 g/mol. The quantitative estimate of drug-likeness (QED) is 0.357. The molecule has 0 N–H and O–H groups in total. The van der Waals surface area contributed by atoms with Crippen molar-refractivity contribution in [2.24, 2.45) is 5.41 Å². The average Bonchev–Trinajstić information content (AvgIpc) is 3.02. The maximum Gasteiger partial charge on any atom is 0.160 e. The SMILES string of the molecule is CC(C)c1ccccc1-c1nc(Br)sc1-c1cc(F)cc(OCCC(C)(C)C)c1. The summed E-state index contributed by atoms with van der Waals surface area (Å²) in [6, 6.07) is 13.2. The first kappa shape index (κ1) is 22.0. The summed E-state index contributed by atoms with van der Waals surface area (Å²) >= 11 is 5.03. The molecule has 3 aromatic rings. The van der Waals surface area contributed by atoms with Crippen LogP contribution in [0, 0.1) is 11.2 Å². The molecule has 0 amide bonds. The number of hydrogen-bond donors (Lipinski definition) is 0. The third kappa shape index (κ3) is 5.67. The van der Waals surface area contributed by atoms with Crippen LogP contribution in [0.25, 0.3) is 21.7 Å². The maximum atomic E-state index is 14.4. The standard InChI is InChI=1S/C24H27BrFNOS/c1-15(2)19-8-6-7-9-20(19)21-22(29-23(25)27-21)16-12-17(26)14-18(13-16)28-11-10-24(3,4)5/h6-9,12-15H,10-11H2,1-5H3. The van der Waals surface area contributed by atoms with Crippen molar-refractivity contribution in [2.45, 2.75) is 47.0 Å². The second-order valence-corrected chi connectivity index (χ2v) is 11.0. The number of ether oxygens (including phenoxy) is 1. The molecule has 0 fully saturated rings. The monoisotopic (exact) mass is 475 g/mol. The predicted molar refractivity (Wildman–Crippen MR) is 124 cm³/mol. The number of halogens is 2. The molecule has 0 spiro atoms. The second kappa shape index (κ2) is 8.97. The third-order valence-corrected chi connectivity index (χ3v) is 6.25. The molecule has 3 rings (SSSR count). The molecule has 0 unspecified atom stereocenters. The van der Waals surface area contributed by atoms with Crippen molar-refractivity contribution in [3.8, 4) is 27.4 Å². The Morgan fingerprint density at radius 1 is 1.14 bits per heavy atom. The molecule has 0 radical (unpaired) electrons. The highest BCUT2D eigenvalue weighted by molar-refractivity contribution is 9.11. The highest BCUT2D eigenvalue weighted by Gasteiger charge is 2.19. The van der Waals surface area contributed by atoms with Gasteiger partial charge in [0, 0.05) is 17.2 Å². The first-order valence-electron chi connectivity index (χ1n) is 9.83. The topological polar surface area (TPSA) is 22.1 Å². The fourth-order valence-corrected chi connectivity index (χ4v) is 4.60. The lowest BCUT2D eigenvalue weighted by atomic mass is 9.93. The van der Waals surface area contributed by atoms with Crippen LogP contribution in [0.15, 0.2) is 46.4 Å². The van der Waals surface area contributed by atoms with Gasteiger partial charge in [0.1, 0.15) is 11.6 Å². The van der Waals surface area contributed by atoms with Crippen LogP contribution in [-0.4, -0.2) is 11.6 Å². The van der Waals surface area contributed by atoms with E-state index in [1.54, 1.807) is 6.07 Å². The zero-order chi connectivity index (χ0) is 21.2. The van der Waals surface area contributed by atoms with Crippen LogP contribution in [0.3, 0.4) is 0 Å². The molecule has 154 valence electrons. The van der Waals surface area contributed by atoms with Crippen molar-refractivity contribution in [3.05, 3.63) is 57.8 Å². The van der Waals surface area contributed by atoms with E-state index in [9.17, 15) is 4.39 Å². The lowest BCUT2D eigenvalue weighted by Gasteiger charge is -2.18. The first-order valence-corrected chi connectivity index (χ1v) is 11.4. The minimum Gasteiger partial charge on any atom is -0.493 e. The molecule has 0 saturated heterocycles. The summed E-state index contributed by atoms with van der Waals surface area (Å²) in [5, 5.41) is 0. The summed E-state index contributed by atoms with van der Waals surface area (Å²) in [5.74, 6) is 0.612. The number of hydrogen-bond acceptors (Lipinski definition) is 3. The van der Waals surface area contributed by atoms with E-state index in [1.165, 1.54) is 23.0 Å². The van der Waals surface area contributed by atoms with E-state index in [0.29, 0.717) is 18.3 Å². The van der Waals surface area contributed by atoms with Gasteiger partial charge < -0.3 is 4.74 Å². The van der Waals surface area contributed by atoms with Crippen molar-refractivity contribution in [1.82, 2.24) is 4.98 Å². The van der Waals surface area contributed by atoms with Crippen LogP contribution in [0.2, 0.25) is 0 Å². The fourth-order valence-electron chi connectivity index (χ4n) is 3.14. The second-order valence-electron chi connectivity index (χ2n) is 8.72. The van der Waals surface area contributed by atoms with Gasteiger partial charge in [0.25, 0.3) is 0 Å². The first-order chi connectivity index (χ1) is 13.6. The van der Waals surface area contributed by atoms with Gasteiger partial charge in [0.15, 0.2) is 3.92 Å². The zero-order valence-corrected chi connectivity index (χ0v) is 20.0. The van der Waals surface area contributed by atoms with Gasteiger partial charge in [-0.05, 0) is 51.4 Å². The Morgan fingerprint density at radius 3 is 2.55 bits per heavy atom. The van der Waals surface area contributed by atoms with Crippen LogP contribution >= 0.6 is 27.3 Å². The van der Waals surface area contributed by atoms with E-state index in [1.807, 2.05) is 18.2 Å². The smallest absolute Gasteiger partial charge is 0.160 e. The number of benzene rings is 2. The molecule has 0 atom stereocenters. The van der Waals surface area contributed by atoms with Crippen molar-refractivity contribution >= 4 is 27.3 Å². The van der Waals surface area contributed by atoms with Crippen molar-refractivity contribution in [1.29, 1.82) is 0 Å². The molecule has 0 aliphatic carbocycles. The van der Waals surface area contributed by atoms with Gasteiger partial charge in [0.2, 0.25) is 0 Å². The molecule has 0 aliphatic rings. The number of rotatable bonds is 6. The van der Waals surface area contributed by atoms with Gasteiger partial charge in [0.05, 0.1) is 17.2 Å². The van der Waals surface area contributed by atoms with Crippen LogP contribution in [0.5, 0.6) is 5.75 Å². The fraction of sp³-hybridized carbons (Fsp3) is 0.375. The van der Waals surface area contributed by atoms with Crippen LogP contribution < -0.4 is 4.74 Å². The van der Waals surface area contributed by atoms with Crippen LogP contribution in [0.4, 0.5) is 4.39 Å². The van der Waals surface area contributed by atoms with Gasteiger partial charge in [-0.2, -0.15) is 0 Å². The van der Waals surface area contributed by atoms with Crippen molar-refractivity contribution in [2.75, 3.05) is 6.61 Å². The minimum absolute atomic E-state index is 0.173. The summed E-state index contributed by atoms with van der Waals surface area (Å²) in [6.07, 6.45) is 0.901. The predicted octanol–water partition coefficient (Wildman–Crippen LogP) is 8.32. The maximum absolute atomic E-state index is 14.4. The lowest BCUT2D eigenvalue weighted by Crippen LogP contribution is -2.11. The molecule has 1 heterocycles. The Kier molecular flexibility index (Phi) is 6.79. The van der Waals surface area contributed by atoms with Crippen LogP contribution in [0.1, 0.15) is 52.5 Å². The molecular weight excluding hydrogens is 449 g/mol. The molecule has 0 aliphatic heterocycles. The lowest BCUT2D eigenvalue weighted by molar-refractivity contribution is 0.242. The van der Waals surface area contributed by atoms with Gasteiger partial charge >= 0.3 is 0 Å². The van der Waals surface area contributed by atoms with Gasteiger partial charge in [-0.15, -0.1) is 11.3 Å². The Labute approximate surface area is 185 Å². The summed E-state index contributed by atoms with van der Waals surface area (Å²) in [7, 11) is 0. The van der Waals surface area contributed by atoms with Crippen molar-refractivity contribution < 1.29 is 9.13 Å². The Hall–Kier alpha value is -1.72. The Morgan fingerprint density at radius 2 is 1.86 bits per heavy atom. The minimum atomic E-state index is -0.305. The third-order valence-electron chi connectivity index (χ3n) is 4.69. The summed E-state index contributed by atoms with van der Waals surface area (Å²) < 4.78 is 21.1. The summed E-state index contributed by atoms with van der Waals surface area (Å²) in [6.45, 7) is 11.4. The zero-order valence-electron chi connectivity index (χ0n) is 17.6. The van der Waals surface area contributed by atoms with E-state index in [2.05, 4.69) is 62.7 Å². The van der Waals surface area contributed by atoms with Gasteiger partial charge in [-0.3, -0.25) is 0 Å². The highest BCUT2D eigenvalue weighted by Crippen LogP contribution is 2.42. The van der Waals surface area contributed by atoms with Crippen LogP contribution in [-0.2, 0) is 0 Å². The molecule has 1 aromatic heterocycles. The van der Waals surface area contributed by atoms with E-state index in [4.69, 9.17) is 9.72 Å². The molecule has 2 nitrogen and oxygen atoms in total. The molecular formula is C24H27BrFNOS. The normalized spacial score (nSPS) is 11.9. The highest BCUT2D eigenvalue weighted by atomic mass is 79.9. The van der Waals surface area contributed by atoms with E-state index in [0.717, 1.165) is 32.0 Å². The Balaban J connectivity index is 2.00. The molecule has 5 heteroatoms. The summed E-state index contributed by atoms with van der Waals surface area (Å²) in [4.78, 5) is 5.66. The van der Waals surface area contributed by atoms with E-state index >= 15 is 0 Å². The number of aromatic nitrogens is 1. The molecule has 2 aromatic carbocycles. The number of thiazole rings is 1.